The molecule has 0 bridgehead atoms. The van der Waals surface area contributed by atoms with Gasteiger partial charge in [0.25, 0.3) is 0 Å². The number of rotatable bonds is 3. The van der Waals surface area contributed by atoms with E-state index in [1.54, 1.807) is 23.0 Å². The van der Waals surface area contributed by atoms with Gasteiger partial charge in [-0.25, -0.2) is 9.67 Å². The first kappa shape index (κ1) is 24.0. The molecule has 0 saturated carbocycles. The number of amides is 2. The van der Waals surface area contributed by atoms with Gasteiger partial charge < -0.3 is 15.1 Å². The van der Waals surface area contributed by atoms with E-state index in [0.29, 0.717) is 48.5 Å². The topological polar surface area (TPSA) is 82.8 Å². The number of halogens is 2. The van der Waals surface area contributed by atoms with Crippen molar-refractivity contribution in [3.63, 3.8) is 0 Å². The van der Waals surface area contributed by atoms with Crippen LogP contribution in [-0.4, -0.2) is 57.5 Å². The van der Waals surface area contributed by atoms with E-state index in [1.807, 2.05) is 54.3 Å². The van der Waals surface area contributed by atoms with Crippen LogP contribution in [0.2, 0.25) is 10.0 Å². The van der Waals surface area contributed by atoms with Crippen LogP contribution in [0.15, 0.2) is 65.8 Å². The zero-order chi connectivity index (χ0) is 25.7. The van der Waals surface area contributed by atoms with Crippen LogP contribution in [-0.2, 0) is 9.59 Å². The molecule has 2 unspecified atom stereocenters. The number of piperidine rings is 1. The molecule has 8 nitrogen and oxygen atoms in total. The smallest absolute Gasteiger partial charge is 0.247 e. The third kappa shape index (κ3) is 3.90. The third-order valence-corrected chi connectivity index (χ3v) is 8.57. The maximum absolute atomic E-state index is 14.1. The molecule has 37 heavy (non-hydrogen) atoms. The van der Waals surface area contributed by atoms with Gasteiger partial charge in [-0.3, -0.25) is 9.59 Å². The molecule has 0 aliphatic carbocycles. The summed E-state index contributed by atoms with van der Waals surface area (Å²) in [6.07, 6.45) is 2.78. The molecule has 1 N–H and O–H groups in total. The molecule has 2 atom stereocenters. The SMILES string of the molecule is CC1=Nc2ccnn2C(c2ccc(Cl)c(Cl)c2)C1C(=O)N1CCC2(CC1)C(=O)NCN2c1ccccc1. The van der Waals surface area contributed by atoms with Gasteiger partial charge in [-0.1, -0.05) is 47.5 Å². The number of nitrogens with one attached hydrogen (secondary N) is 1. The fourth-order valence-corrected chi connectivity index (χ4v) is 6.21. The minimum atomic E-state index is -0.661. The number of aromatic nitrogens is 2. The van der Waals surface area contributed by atoms with Crippen molar-refractivity contribution >= 4 is 52.2 Å². The summed E-state index contributed by atoms with van der Waals surface area (Å²) in [4.78, 5) is 35.9. The van der Waals surface area contributed by atoms with Crippen LogP contribution in [0.1, 0.15) is 31.4 Å². The first-order chi connectivity index (χ1) is 17.9. The Hall–Kier alpha value is -3.36. The summed E-state index contributed by atoms with van der Waals surface area (Å²) < 4.78 is 1.78. The summed E-state index contributed by atoms with van der Waals surface area (Å²) in [6, 6.07) is 16.8. The first-order valence-electron chi connectivity index (χ1n) is 12.3. The van der Waals surface area contributed by atoms with Crippen LogP contribution >= 0.6 is 23.2 Å². The standard InChI is InChI=1S/C27H26Cl2N6O2/c1-17-23(24(35-22(32-17)9-12-31-35)18-7-8-20(28)21(29)15-18)25(36)33-13-10-27(11-14-33)26(37)30-16-34(27)19-5-3-2-4-6-19/h2-9,12,15,23-24H,10-11,13-14,16H2,1H3,(H,30,37). The first-order valence-corrected chi connectivity index (χ1v) is 13.1. The fraction of sp³-hybridized carbons (Fsp3) is 0.333. The normalized spacial score (nSPS) is 22.6. The zero-order valence-corrected chi connectivity index (χ0v) is 21.8. The highest BCUT2D eigenvalue weighted by Gasteiger charge is 2.52. The van der Waals surface area contributed by atoms with E-state index in [4.69, 9.17) is 28.2 Å². The summed E-state index contributed by atoms with van der Waals surface area (Å²) in [5.41, 5.74) is 1.90. The molecule has 3 aromatic rings. The Kier molecular flexibility index (Phi) is 5.96. The average molecular weight is 537 g/mol. The van der Waals surface area contributed by atoms with E-state index in [0.717, 1.165) is 17.0 Å². The van der Waals surface area contributed by atoms with Crippen molar-refractivity contribution in [3.8, 4) is 0 Å². The summed E-state index contributed by atoms with van der Waals surface area (Å²) in [6.45, 7) is 3.29. The summed E-state index contributed by atoms with van der Waals surface area (Å²) >= 11 is 12.5. The number of para-hydroxylation sites is 1. The highest BCUT2D eigenvalue weighted by molar-refractivity contribution is 6.42. The van der Waals surface area contributed by atoms with E-state index in [9.17, 15) is 9.59 Å². The number of hydrogen-bond donors (Lipinski definition) is 1. The van der Waals surface area contributed by atoms with Gasteiger partial charge in [0.05, 0.1) is 29.0 Å². The van der Waals surface area contributed by atoms with Crippen LogP contribution < -0.4 is 10.2 Å². The Balaban J connectivity index is 1.29. The molecule has 10 heteroatoms. The van der Waals surface area contributed by atoms with Crippen LogP contribution in [0.4, 0.5) is 11.5 Å². The van der Waals surface area contributed by atoms with Gasteiger partial charge in [0, 0.05) is 30.6 Å². The minimum absolute atomic E-state index is 0.0220. The predicted octanol–water partition coefficient (Wildman–Crippen LogP) is 4.46. The number of likely N-dealkylation sites (tertiary alicyclic amines) is 1. The lowest BCUT2D eigenvalue weighted by molar-refractivity contribution is -0.138. The quantitative estimate of drug-likeness (QED) is 0.535. The third-order valence-electron chi connectivity index (χ3n) is 7.83. The van der Waals surface area contributed by atoms with Gasteiger partial charge in [-0.15, -0.1) is 0 Å². The van der Waals surface area contributed by atoms with Gasteiger partial charge in [-0.05, 0) is 49.6 Å². The molecule has 3 aliphatic rings. The lowest BCUT2D eigenvalue weighted by Gasteiger charge is -2.44. The van der Waals surface area contributed by atoms with Crippen molar-refractivity contribution in [2.24, 2.45) is 10.9 Å². The largest absolute Gasteiger partial charge is 0.342 e. The zero-order valence-electron chi connectivity index (χ0n) is 20.3. The predicted molar refractivity (Wildman–Crippen MR) is 144 cm³/mol. The van der Waals surface area contributed by atoms with E-state index < -0.39 is 17.5 Å². The second kappa shape index (κ2) is 9.19. The Labute approximate surface area is 224 Å². The molecule has 2 saturated heterocycles. The Morgan fingerprint density at radius 1 is 1.05 bits per heavy atom. The number of carbonyl (C=O) groups excluding carboxylic acids is 2. The maximum atomic E-state index is 14.1. The number of aliphatic imine (C=N–C) groups is 1. The molecule has 190 valence electrons. The van der Waals surface area contributed by atoms with Crippen molar-refractivity contribution in [1.29, 1.82) is 0 Å². The Bertz CT molecular complexity index is 1400. The molecule has 0 radical (unpaired) electrons. The minimum Gasteiger partial charge on any atom is -0.342 e. The molecule has 2 aromatic carbocycles. The van der Waals surface area contributed by atoms with Gasteiger partial charge >= 0.3 is 0 Å². The summed E-state index contributed by atoms with van der Waals surface area (Å²) in [7, 11) is 0. The van der Waals surface area contributed by atoms with E-state index in [2.05, 4.69) is 15.3 Å². The Morgan fingerprint density at radius 2 is 1.81 bits per heavy atom. The van der Waals surface area contributed by atoms with Gasteiger partial charge in [-0.2, -0.15) is 5.10 Å². The number of carbonyl (C=O) groups is 2. The molecule has 2 amide bonds. The number of benzene rings is 2. The number of nitrogens with zero attached hydrogens (tertiary/aromatic N) is 5. The molecular formula is C27H26Cl2N6O2. The molecular weight excluding hydrogens is 511 g/mol. The molecule has 6 rings (SSSR count). The summed E-state index contributed by atoms with van der Waals surface area (Å²) in [5, 5.41) is 8.39. The molecule has 1 spiro atoms. The van der Waals surface area contributed by atoms with Crippen LogP contribution in [0.25, 0.3) is 0 Å². The number of anilines is 1. The molecule has 2 fully saturated rings. The van der Waals surface area contributed by atoms with E-state index >= 15 is 0 Å². The Morgan fingerprint density at radius 3 is 2.54 bits per heavy atom. The number of fused-ring (bicyclic) bond motifs is 1. The van der Waals surface area contributed by atoms with Gasteiger partial charge in [0.15, 0.2) is 5.82 Å². The molecule has 1 aromatic heterocycles. The second-order valence-electron chi connectivity index (χ2n) is 9.77. The second-order valence-corrected chi connectivity index (χ2v) is 10.6. The molecule has 3 aliphatic heterocycles. The lowest BCUT2D eigenvalue weighted by Crippen LogP contribution is -2.58. The van der Waals surface area contributed by atoms with Crippen molar-refractivity contribution in [2.45, 2.75) is 31.3 Å². The van der Waals surface area contributed by atoms with E-state index in [1.165, 1.54) is 0 Å². The van der Waals surface area contributed by atoms with Crippen LogP contribution in [0.3, 0.4) is 0 Å². The van der Waals surface area contributed by atoms with E-state index in [-0.39, 0.29) is 11.8 Å². The van der Waals surface area contributed by atoms with Crippen molar-refractivity contribution in [2.75, 3.05) is 24.7 Å². The van der Waals surface area contributed by atoms with Crippen molar-refractivity contribution in [1.82, 2.24) is 20.0 Å². The number of hydrogen-bond acceptors (Lipinski definition) is 5. The maximum Gasteiger partial charge on any atom is 0.247 e. The lowest BCUT2D eigenvalue weighted by atomic mass is 9.83. The van der Waals surface area contributed by atoms with Crippen LogP contribution in [0, 0.1) is 5.92 Å². The molecule has 4 heterocycles. The monoisotopic (exact) mass is 536 g/mol. The van der Waals surface area contributed by atoms with Crippen molar-refractivity contribution < 1.29 is 9.59 Å². The highest BCUT2D eigenvalue weighted by atomic mass is 35.5. The highest BCUT2D eigenvalue weighted by Crippen LogP contribution is 2.41. The summed E-state index contributed by atoms with van der Waals surface area (Å²) in [5.74, 6) is 0.129. The van der Waals surface area contributed by atoms with Crippen molar-refractivity contribution in [3.05, 3.63) is 76.4 Å². The van der Waals surface area contributed by atoms with Crippen LogP contribution in [0.5, 0.6) is 0 Å². The average Bonchev–Trinajstić information content (AvgIpc) is 3.50. The van der Waals surface area contributed by atoms with Gasteiger partial charge in [0.2, 0.25) is 11.8 Å². The van der Waals surface area contributed by atoms with Gasteiger partial charge in [0.1, 0.15) is 11.5 Å². The fourth-order valence-electron chi connectivity index (χ4n) is 5.90.